The van der Waals surface area contributed by atoms with Gasteiger partial charge in [-0.1, -0.05) is 19.3 Å². The van der Waals surface area contributed by atoms with Gasteiger partial charge in [0.2, 0.25) is 5.88 Å². The van der Waals surface area contributed by atoms with Crippen LogP contribution in [-0.4, -0.2) is 23.1 Å². The lowest BCUT2D eigenvalue weighted by Crippen LogP contribution is -2.24. The first-order valence-electron chi connectivity index (χ1n) is 6.15. The van der Waals surface area contributed by atoms with Gasteiger partial charge in [-0.2, -0.15) is 4.98 Å². The van der Waals surface area contributed by atoms with E-state index in [-0.39, 0.29) is 0 Å². The van der Waals surface area contributed by atoms with Crippen molar-refractivity contribution in [3.63, 3.8) is 0 Å². The normalized spacial score (nSPS) is 16.8. The molecule has 0 saturated heterocycles. The fourth-order valence-corrected chi connectivity index (χ4v) is 2.26. The number of ether oxygens (including phenoxy) is 1. The number of nitrogen functional groups attached to an aromatic ring is 1. The van der Waals surface area contributed by atoms with E-state index in [0.29, 0.717) is 29.3 Å². The zero-order valence-electron chi connectivity index (χ0n) is 10.5. The molecule has 0 radical (unpaired) electrons. The molecule has 5 nitrogen and oxygen atoms in total. The SMILES string of the molecule is COc1nc(C)nc(NC2CCCCC2)c1N. The summed E-state index contributed by atoms with van der Waals surface area (Å²) in [5.74, 6) is 1.84. The van der Waals surface area contributed by atoms with E-state index in [1.165, 1.54) is 32.1 Å². The maximum absolute atomic E-state index is 5.97. The lowest BCUT2D eigenvalue weighted by Gasteiger charge is -2.24. The Bertz CT molecular complexity index is 388. The van der Waals surface area contributed by atoms with Crippen molar-refractivity contribution in [3.8, 4) is 5.88 Å². The van der Waals surface area contributed by atoms with Crippen LogP contribution in [0.1, 0.15) is 37.9 Å². The zero-order chi connectivity index (χ0) is 12.3. The minimum Gasteiger partial charge on any atom is -0.479 e. The number of aromatic nitrogens is 2. The Balaban J connectivity index is 2.16. The van der Waals surface area contributed by atoms with Crippen LogP contribution in [0.25, 0.3) is 0 Å². The summed E-state index contributed by atoms with van der Waals surface area (Å²) < 4.78 is 5.14. The van der Waals surface area contributed by atoms with Gasteiger partial charge in [0.25, 0.3) is 0 Å². The van der Waals surface area contributed by atoms with E-state index >= 15 is 0 Å². The van der Waals surface area contributed by atoms with Gasteiger partial charge < -0.3 is 15.8 Å². The van der Waals surface area contributed by atoms with Crippen LogP contribution in [0.5, 0.6) is 5.88 Å². The van der Waals surface area contributed by atoms with E-state index in [9.17, 15) is 0 Å². The number of aryl methyl sites for hydroxylation is 1. The highest BCUT2D eigenvalue weighted by Gasteiger charge is 2.17. The molecule has 1 aromatic rings. The predicted molar refractivity (Wildman–Crippen MR) is 68.2 cm³/mol. The van der Waals surface area contributed by atoms with Gasteiger partial charge >= 0.3 is 0 Å². The number of anilines is 2. The van der Waals surface area contributed by atoms with Crippen LogP contribution in [0.15, 0.2) is 0 Å². The van der Waals surface area contributed by atoms with Gasteiger partial charge in [0.15, 0.2) is 5.82 Å². The summed E-state index contributed by atoms with van der Waals surface area (Å²) in [5.41, 5.74) is 6.47. The van der Waals surface area contributed by atoms with Crippen molar-refractivity contribution in [3.05, 3.63) is 5.82 Å². The standard InChI is InChI=1S/C12H20N4O/c1-8-14-11(10(13)12(15-8)17-2)16-9-6-4-3-5-7-9/h9H,3-7,13H2,1-2H3,(H,14,15,16). The van der Waals surface area contributed by atoms with Crippen LogP contribution in [0.2, 0.25) is 0 Å². The molecule has 5 heteroatoms. The van der Waals surface area contributed by atoms with E-state index in [1.807, 2.05) is 6.92 Å². The second-order valence-electron chi connectivity index (χ2n) is 4.52. The van der Waals surface area contributed by atoms with Crippen molar-refractivity contribution < 1.29 is 4.74 Å². The smallest absolute Gasteiger partial charge is 0.242 e. The van der Waals surface area contributed by atoms with E-state index in [4.69, 9.17) is 10.5 Å². The van der Waals surface area contributed by atoms with Crippen molar-refractivity contribution in [2.24, 2.45) is 0 Å². The van der Waals surface area contributed by atoms with Gasteiger partial charge in [-0.3, -0.25) is 0 Å². The third-order valence-corrected chi connectivity index (χ3v) is 3.16. The molecule has 1 aliphatic carbocycles. The maximum Gasteiger partial charge on any atom is 0.242 e. The molecule has 1 heterocycles. The second kappa shape index (κ2) is 5.21. The summed E-state index contributed by atoms with van der Waals surface area (Å²) in [6.45, 7) is 1.84. The molecule has 2 rings (SSSR count). The third-order valence-electron chi connectivity index (χ3n) is 3.16. The fourth-order valence-electron chi connectivity index (χ4n) is 2.26. The lowest BCUT2D eigenvalue weighted by molar-refractivity contribution is 0.398. The second-order valence-corrected chi connectivity index (χ2v) is 4.52. The molecule has 0 unspecified atom stereocenters. The fraction of sp³-hybridized carbons (Fsp3) is 0.667. The van der Waals surface area contributed by atoms with E-state index < -0.39 is 0 Å². The summed E-state index contributed by atoms with van der Waals surface area (Å²) in [6.07, 6.45) is 6.26. The molecule has 3 N–H and O–H groups in total. The Morgan fingerprint density at radius 2 is 1.94 bits per heavy atom. The number of hydrogen-bond acceptors (Lipinski definition) is 5. The van der Waals surface area contributed by atoms with Gasteiger partial charge in [0.05, 0.1) is 7.11 Å². The molecule has 0 aromatic carbocycles. The Kier molecular flexibility index (Phi) is 3.66. The first-order chi connectivity index (χ1) is 8.20. The molecular weight excluding hydrogens is 216 g/mol. The number of nitrogens with two attached hydrogens (primary N) is 1. The number of methoxy groups -OCH3 is 1. The Hall–Kier alpha value is -1.52. The largest absolute Gasteiger partial charge is 0.479 e. The average Bonchev–Trinajstić information content (AvgIpc) is 2.34. The van der Waals surface area contributed by atoms with Crippen molar-refractivity contribution in [1.29, 1.82) is 0 Å². The van der Waals surface area contributed by atoms with Gasteiger partial charge in [-0.15, -0.1) is 0 Å². The molecule has 0 bridgehead atoms. The topological polar surface area (TPSA) is 73.1 Å². The van der Waals surface area contributed by atoms with E-state index in [2.05, 4.69) is 15.3 Å². The minimum absolute atomic E-state index is 0.454. The molecule has 0 spiro atoms. The van der Waals surface area contributed by atoms with Crippen LogP contribution in [0.3, 0.4) is 0 Å². The van der Waals surface area contributed by atoms with Gasteiger partial charge in [-0.25, -0.2) is 4.98 Å². The van der Waals surface area contributed by atoms with Crippen LogP contribution >= 0.6 is 0 Å². The number of hydrogen-bond donors (Lipinski definition) is 2. The monoisotopic (exact) mass is 236 g/mol. The van der Waals surface area contributed by atoms with Crippen LogP contribution in [0, 0.1) is 6.92 Å². The molecule has 0 atom stereocenters. The molecule has 94 valence electrons. The van der Waals surface area contributed by atoms with E-state index in [1.54, 1.807) is 7.11 Å². The highest BCUT2D eigenvalue weighted by molar-refractivity contribution is 5.67. The average molecular weight is 236 g/mol. The first-order valence-corrected chi connectivity index (χ1v) is 6.15. The summed E-state index contributed by atoms with van der Waals surface area (Å²) in [6, 6.07) is 0.477. The highest BCUT2D eigenvalue weighted by Crippen LogP contribution is 2.28. The Morgan fingerprint density at radius 1 is 1.24 bits per heavy atom. The molecule has 1 aromatic heterocycles. The zero-order valence-corrected chi connectivity index (χ0v) is 10.5. The molecule has 0 aliphatic heterocycles. The Labute approximate surface area is 102 Å². The summed E-state index contributed by atoms with van der Waals surface area (Å²) in [5, 5.41) is 3.41. The van der Waals surface area contributed by atoms with Crippen LogP contribution in [-0.2, 0) is 0 Å². The van der Waals surface area contributed by atoms with Crippen LogP contribution in [0.4, 0.5) is 11.5 Å². The highest BCUT2D eigenvalue weighted by atomic mass is 16.5. The quantitative estimate of drug-likeness (QED) is 0.841. The van der Waals surface area contributed by atoms with Gasteiger partial charge in [0.1, 0.15) is 11.5 Å². The van der Waals surface area contributed by atoms with Crippen molar-refractivity contribution in [2.45, 2.75) is 45.1 Å². The van der Waals surface area contributed by atoms with Gasteiger partial charge in [-0.05, 0) is 19.8 Å². The van der Waals surface area contributed by atoms with Crippen molar-refractivity contribution in [2.75, 3.05) is 18.2 Å². The van der Waals surface area contributed by atoms with Crippen molar-refractivity contribution >= 4 is 11.5 Å². The predicted octanol–water partition coefficient (Wildman–Crippen LogP) is 2.12. The summed E-state index contributed by atoms with van der Waals surface area (Å²) in [7, 11) is 1.57. The van der Waals surface area contributed by atoms with E-state index in [0.717, 1.165) is 0 Å². The lowest BCUT2D eigenvalue weighted by atomic mass is 9.95. The number of rotatable bonds is 3. The molecule has 17 heavy (non-hydrogen) atoms. The molecule has 1 saturated carbocycles. The first kappa shape index (κ1) is 12.0. The molecule has 1 aliphatic rings. The third kappa shape index (κ3) is 2.78. The molecule has 0 amide bonds. The minimum atomic E-state index is 0.454. The van der Waals surface area contributed by atoms with Gasteiger partial charge in [0, 0.05) is 6.04 Å². The Morgan fingerprint density at radius 3 is 2.59 bits per heavy atom. The number of nitrogens with zero attached hydrogens (tertiary/aromatic N) is 2. The van der Waals surface area contributed by atoms with Crippen LogP contribution < -0.4 is 15.8 Å². The number of nitrogens with one attached hydrogen (secondary N) is 1. The molecule has 1 fully saturated rings. The van der Waals surface area contributed by atoms with Crippen molar-refractivity contribution in [1.82, 2.24) is 9.97 Å². The summed E-state index contributed by atoms with van der Waals surface area (Å²) in [4.78, 5) is 8.49. The molecular formula is C12H20N4O. The summed E-state index contributed by atoms with van der Waals surface area (Å²) >= 11 is 0. The maximum atomic E-state index is 5.97.